The van der Waals surface area contributed by atoms with Gasteiger partial charge in [-0.25, -0.2) is 0 Å². The number of aliphatic carboxylic acids is 1. The van der Waals surface area contributed by atoms with Crippen molar-refractivity contribution in [3.63, 3.8) is 0 Å². The van der Waals surface area contributed by atoms with Crippen LogP contribution in [0, 0.1) is 11.3 Å². The monoisotopic (exact) mass is 205 g/mol. The lowest BCUT2D eigenvalue weighted by Crippen LogP contribution is -2.31. The summed E-state index contributed by atoms with van der Waals surface area (Å²) in [5.41, 5.74) is 5.06. The lowest BCUT2D eigenvalue weighted by Gasteiger charge is -2.15. The Balaban J connectivity index is 3.67. The summed E-state index contributed by atoms with van der Waals surface area (Å²) < 4.78 is 0. The zero-order valence-corrected chi connectivity index (χ0v) is 8.52. The van der Waals surface area contributed by atoms with E-state index in [1.165, 1.54) is 11.8 Å². The number of hydrogen-bond acceptors (Lipinski definition) is 3. The largest absolute Gasteiger partial charge is 0.481 e. The highest BCUT2D eigenvalue weighted by atomic mass is 32.2. The van der Waals surface area contributed by atoms with Crippen LogP contribution < -0.4 is 11.1 Å². The van der Waals surface area contributed by atoms with Crippen molar-refractivity contribution < 1.29 is 9.90 Å². The van der Waals surface area contributed by atoms with Crippen molar-refractivity contribution in [2.45, 2.75) is 19.1 Å². The van der Waals surface area contributed by atoms with Crippen LogP contribution in [0.15, 0.2) is 0 Å². The van der Waals surface area contributed by atoms with E-state index in [9.17, 15) is 4.79 Å². The first-order chi connectivity index (χ1) is 5.95. The molecule has 0 amide bonds. The number of thioether (sulfide) groups is 1. The summed E-state index contributed by atoms with van der Waals surface area (Å²) in [4.78, 5) is 10.5. The number of nitrogens with two attached hydrogens (primary N) is 1. The number of carbonyl (C=O) groups is 1. The molecule has 2 atom stereocenters. The van der Waals surface area contributed by atoms with Crippen LogP contribution >= 0.6 is 11.8 Å². The van der Waals surface area contributed by atoms with Crippen LogP contribution in [0.2, 0.25) is 0 Å². The molecular weight excluding hydrogens is 190 g/mol. The molecule has 0 fully saturated rings. The maximum atomic E-state index is 10.5. The number of guanidine groups is 1. The molecule has 0 aromatic heterocycles. The molecule has 0 saturated heterocycles. The lowest BCUT2D eigenvalue weighted by molar-refractivity contribution is -0.140. The Morgan fingerprint density at radius 2 is 2.23 bits per heavy atom. The van der Waals surface area contributed by atoms with Crippen molar-refractivity contribution in [2.24, 2.45) is 11.7 Å². The highest BCUT2D eigenvalue weighted by Crippen LogP contribution is 2.17. The smallest absolute Gasteiger partial charge is 0.307 e. The third-order valence-electron chi connectivity index (χ3n) is 1.70. The predicted octanol–water partition coefficient (Wildman–Crippen LogP) is 0.269. The second kappa shape index (κ2) is 5.69. The van der Waals surface area contributed by atoms with Gasteiger partial charge in [-0.15, -0.1) is 11.8 Å². The molecule has 0 aliphatic rings. The third kappa shape index (κ3) is 5.35. The van der Waals surface area contributed by atoms with Crippen molar-refractivity contribution >= 4 is 23.7 Å². The van der Waals surface area contributed by atoms with Gasteiger partial charge >= 0.3 is 5.97 Å². The van der Waals surface area contributed by atoms with Crippen LogP contribution in [-0.2, 0) is 4.79 Å². The lowest BCUT2D eigenvalue weighted by atomic mass is 10.1. The van der Waals surface area contributed by atoms with Gasteiger partial charge in [0.25, 0.3) is 0 Å². The summed E-state index contributed by atoms with van der Waals surface area (Å²) in [6.07, 6.45) is 0. The van der Waals surface area contributed by atoms with E-state index >= 15 is 0 Å². The molecule has 0 aromatic rings. The average Bonchev–Trinajstić information content (AvgIpc) is 2.02. The maximum absolute atomic E-state index is 10.5. The zero-order chi connectivity index (χ0) is 10.4. The van der Waals surface area contributed by atoms with Crippen LogP contribution in [0.25, 0.3) is 0 Å². The van der Waals surface area contributed by atoms with Crippen molar-refractivity contribution in [1.29, 1.82) is 5.41 Å². The van der Waals surface area contributed by atoms with Gasteiger partial charge in [0, 0.05) is 5.25 Å². The van der Waals surface area contributed by atoms with Crippen molar-refractivity contribution in [1.82, 2.24) is 5.32 Å². The first kappa shape index (κ1) is 12.1. The predicted molar refractivity (Wildman–Crippen MR) is 53.8 cm³/mol. The summed E-state index contributed by atoms with van der Waals surface area (Å²) in [5.74, 6) is -0.821. The molecule has 0 heterocycles. The fraction of sp³-hybridized carbons (Fsp3) is 0.714. The minimum atomic E-state index is -0.803. The Morgan fingerprint density at radius 3 is 2.62 bits per heavy atom. The van der Waals surface area contributed by atoms with Crippen molar-refractivity contribution in [3.8, 4) is 0 Å². The molecule has 0 aromatic carbocycles. The molecule has 13 heavy (non-hydrogen) atoms. The molecule has 76 valence electrons. The fourth-order valence-electron chi connectivity index (χ4n) is 0.596. The Morgan fingerprint density at radius 1 is 1.69 bits per heavy atom. The quantitative estimate of drug-likeness (QED) is 0.293. The Labute approximate surface area is 81.6 Å². The summed E-state index contributed by atoms with van der Waals surface area (Å²) in [7, 11) is 0. The Hall–Kier alpha value is -0.910. The van der Waals surface area contributed by atoms with E-state index < -0.39 is 11.9 Å². The molecule has 0 radical (unpaired) electrons. The molecule has 0 rings (SSSR count). The van der Waals surface area contributed by atoms with E-state index in [2.05, 4.69) is 5.32 Å². The van der Waals surface area contributed by atoms with Gasteiger partial charge < -0.3 is 16.2 Å². The molecule has 6 heteroatoms. The van der Waals surface area contributed by atoms with E-state index in [0.29, 0.717) is 5.88 Å². The molecule has 2 unspecified atom stereocenters. The molecular formula is C7H15N3O2S. The number of carboxylic acids is 1. The van der Waals surface area contributed by atoms with Crippen LogP contribution in [-0.4, -0.2) is 28.2 Å². The summed E-state index contributed by atoms with van der Waals surface area (Å²) in [6.45, 7) is 3.50. The molecule has 0 bridgehead atoms. The topological polar surface area (TPSA) is 99.2 Å². The molecule has 0 spiro atoms. The van der Waals surface area contributed by atoms with Crippen LogP contribution in [0.4, 0.5) is 0 Å². The second-order valence-corrected chi connectivity index (χ2v) is 4.10. The molecule has 0 aliphatic heterocycles. The van der Waals surface area contributed by atoms with Crippen LogP contribution in [0.5, 0.6) is 0 Å². The van der Waals surface area contributed by atoms with Crippen molar-refractivity contribution in [2.75, 3.05) is 5.88 Å². The summed E-state index contributed by atoms with van der Waals surface area (Å²) in [5, 5.41) is 18.1. The van der Waals surface area contributed by atoms with Crippen LogP contribution in [0.3, 0.4) is 0 Å². The minimum Gasteiger partial charge on any atom is -0.481 e. The SMILES string of the molecule is CC(SCNC(=N)N)C(C)C(=O)O. The van der Waals surface area contributed by atoms with Gasteiger partial charge in [-0.2, -0.15) is 0 Å². The highest BCUT2D eigenvalue weighted by Gasteiger charge is 2.19. The standard InChI is InChI=1S/C7H15N3O2S/c1-4(6(11)12)5(2)13-3-10-7(8)9/h4-5H,3H2,1-2H3,(H,11,12)(H4,8,9,10). The molecule has 0 aliphatic carbocycles. The molecule has 0 saturated carbocycles. The zero-order valence-electron chi connectivity index (χ0n) is 7.70. The van der Waals surface area contributed by atoms with Crippen LogP contribution in [0.1, 0.15) is 13.8 Å². The number of rotatable bonds is 5. The number of hydrogen-bond donors (Lipinski definition) is 4. The number of nitrogens with one attached hydrogen (secondary N) is 2. The Kier molecular flexibility index (Phi) is 5.29. The van der Waals surface area contributed by atoms with Crippen molar-refractivity contribution in [3.05, 3.63) is 0 Å². The maximum Gasteiger partial charge on any atom is 0.307 e. The van der Waals surface area contributed by atoms with E-state index in [1.54, 1.807) is 6.92 Å². The highest BCUT2D eigenvalue weighted by molar-refractivity contribution is 7.99. The van der Waals surface area contributed by atoms with Gasteiger partial charge in [-0.05, 0) is 0 Å². The Bertz CT molecular complexity index is 198. The minimum absolute atomic E-state index is 0.00403. The van der Waals surface area contributed by atoms with Gasteiger partial charge in [-0.3, -0.25) is 10.2 Å². The van der Waals surface area contributed by atoms with E-state index in [0.717, 1.165) is 0 Å². The fourth-order valence-corrected chi connectivity index (χ4v) is 1.50. The van der Waals surface area contributed by atoms with Gasteiger partial charge in [0.2, 0.25) is 0 Å². The number of carboxylic acid groups (broad SMARTS) is 1. The van der Waals surface area contributed by atoms with Gasteiger partial charge in [0.15, 0.2) is 5.96 Å². The van der Waals surface area contributed by atoms with E-state index in [1.807, 2.05) is 6.92 Å². The van der Waals surface area contributed by atoms with E-state index in [4.69, 9.17) is 16.2 Å². The third-order valence-corrected chi connectivity index (χ3v) is 2.95. The van der Waals surface area contributed by atoms with Gasteiger partial charge in [0.1, 0.15) is 0 Å². The average molecular weight is 205 g/mol. The van der Waals surface area contributed by atoms with E-state index in [-0.39, 0.29) is 11.2 Å². The summed E-state index contributed by atoms with van der Waals surface area (Å²) >= 11 is 1.43. The normalized spacial score (nSPS) is 14.6. The summed E-state index contributed by atoms with van der Waals surface area (Å²) in [6, 6.07) is 0. The molecule has 5 nitrogen and oxygen atoms in total. The van der Waals surface area contributed by atoms with Gasteiger partial charge in [-0.1, -0.05) is 13.8 Å². The second-order valence-electron chi connectivity index (χ2n) is 2.73. The van der Waals surface area contributed by atoms with Gasteiger partial charge in [0.05, 0.1) is 11.8 Å². The first-order valence-corrected chi connectivity index (χ1v) is 4.92. The first-order valence-electron chi connectivity index (χ1n) is 3.87. The molecule has 5 N–H and O–H groups in total.